The second kappa shape index (κ2) is 47.0. The Kier molecular flexibility index (Phi) is 45.7. The van der Waals surface area contributed by atoms with Crippen molar-refractivity contribution in [2.24, 2.45) is 0 Å². The van der Waals surface area contributed by atoms with Gasteiger partial charge in [0.15, 0.2) is 0 Å². The number of aliphatic hydroxyl groups is 2. The van der Waals surface area contributed by atoms with E-state index in [-0.39, 0.29) is 18.5 Å². The van der Waals surface area contributed by atoms with Crippen LogP contribution in [0.3, 0.4) is 0 Å². The van der Waals surface area contributed by atoms with Crippen molar-refractivity contribution < 1.29 is 24.5 Å². The van der Waals surface area contributed by atoms with Gasteiger partial charge in [0.2, 0.25) is 5.91 Å². The highest BCUT2D eigenvalue weighted by Crippen LogP contribution is 2.16. The van der Waals surface area contributed by atoms with Gasteiger partial charge in [-0.15, -0.1) is 0 Å². The second-order valence-electron chi connectivity index (χ2n) is 17.1. The summed E-state index contributed by atoms with van der Waals surface area (Å²) in [6.07, 6.45) is 54.3. The van der Waals surface area contributed by atoms with E-state index in [1.54, 1.807) is 0 Å². The molecule has 6 nitrogen and oxygen atoms in total. The molecule has 0 spiro atoms. The summed E-state index contributed by atoms with van der Waals surface area (Å²) >= 11 is 0. The number of nitrogens with one attached hydrogen (secondary N) is 1. The molecular formula is C51H97NO5. The van der Waals surface area contributed by atoms with E-state index >= 15 is 0 Å². The van der Waals surface area contributed by atoms with E-state index in [9.17, 15) is 19.8 Å². The highest BCUT2D eigenvalue weighted by atomic mass is 16.5. The predicted octanol–water partition coefficient (Wildman–Crippen LogP) is 14.7. The van der Waals surface area contributed by atoms with Crippen molar-refractivity contribution in [3.05, 3.63) is 24.3 Å². The number of rotatable bonds is 46. The number of hydrogen-bond donors (Lipinski definition) is 3. The highest BCUT2D eigenvalue weighted by molar-refractivity contribution is 5.76. The van der Waals surface area contributed by atoms with Crippen LogP contribution in [0.25, 0.3) is 0 Å². The van der Waals surface area contributed by atoms with Gasteiger partial charge in [-0.1, -0.05) is 199 Å². The van der Waals surface area contributed by atoms with Crippen LogP contribution in [0.1, 0.15) is 264 Å². The molecular weight excluding hydrogens is 707 g/mol. The fraction of sp³-hybridized carbons (Fsp3) is 0.882. The molecule has 0 aliphatic carbocycles. The van der Waals surface area contributed by atoms with Crippen LogP contribution < -0.4 is 5.32 Å². The van der Waals surface area contributed by atoms with E-state index < -0.39 is 12.1 Å². The quantitative estimate of drug-likeness (QED) is 0.0324. The molecule has 0 radical (unpaired) electrons. The maximum absolute atomic E-state index is 12.4. The Morgan fingerprint density at radius 2 is 0.825 bits per heavy atom. The second-order valence-corrected chi connectivity index (χ2v) is 17.1. The number of carbonyl (C=O) groups is 2. The predicted molar refractivity (Wildman–Crippen MR) is 246 cm³/mol. The number of unbranched alkanes of at least 4 members (excludes halogenated alkanes) is 31. The Balaban J connectivity index is 3.53. The Hall–Kier alpha value is -1.66. The third-order valence-electron chi connectivity index (χ3n) is 11.5. The Labute approximate surface area is 354 Å². The largest absolute Gasteiger partial charge is 0.466 e. The molecule has 336 valence electrons. The average molecular weight is 804 g/mol. The lowest BCUT2D eigenvalue weighted by Gasteiger charge is -2.22. The van der Waals surface area contributed by atoms with Crippen molar-refractivity contribution in [1.29, 1.82) is 0 Å². The topological polar surface area (TPSA) is 95.9 Å². The first-order valence-corrected chi connectivity index (χ1v) is 25.1. The van der Waals surface area contributed by atoms with Crippen LogP contribution in [0.2, 0.25) is 0 Å². The molecule has 0 bridgehead atoms. The van der Waals surface area contributed by atoms with Gasteiger partial charge in [0, 0.05) is 12.8 Å². The fourth-order valence-corrected chi connectivity index (χ4v) is 7.57. The molecule has 1 amide bonds. The number of carbonyl (C=O) groups excluding carboxylic acids is 2. The van der Waals surface area contributed by atoms with Gasteiger partial charge >= 0.3 is 5.97 Å². The number of ether oxygens (including phenoxy) is 1. The molecule has 0 saturated heterocycles. The zero-order chi connectivity index (χ0) is 41.5. The molecule has 0 aromatic carbocycles. The van der Waals surface area contributed by atoms with Crippen LogP contribution >= 0.6 is 0 Å². The first-order valence-electron chi connectivity index (χ1n) is 25.1. The molecule has 0 saturated carbocycles. The van der Waals surface area contributed by atoms with Crippen molar-refractivity contribution >= 4 is 11.9 Å². The van der Waals surface area contributed by atoms with Crippen LogP contribution in [0.5, 0.6) is 0 Å². The first-order chi connectivity index (χ1) is 28.0. The van der Waals surface area contributed by atoms with Gasteiger partial charge in [-0.2, -0.15) is 0 Å². The Bertz CT molecular complexity index is 889. The molecule has 3 N–H and O–H groups in total. The normalized spacial score (nSPS) is 12.8. The van der Waals surface area contributed by atoms with Crippen LogP contribution in [0.4, 0.5) is 0 Å². The molecule has 0 aromatic rings. The van der Waals surface area contributed by atoms with Gasteiger partial charge < -0.3 is 20.3 Å². The van der Waals surface area contributed by atoms with Crippen molar-refractivity contribution in [2.75, 3.05) is 13.2 Å². The van der Waals surface area contributed by atoms with Crippen LogP contribution in [-0.2, 0) is 14.3 Å². The highest BCUT2D eigenvalue weighted by Gasteiger charge is 2.20. The first kappa shape index (κ1) is 55.3. The lowest BCUT2D eigenvalue weighted by Crippen LogP contribution is -2.45. The summed E-state index contributed by atoms with van der Waals surface area (Å²) in [6.45, 7) is 4.86. The van der Waals surface area contributed by atoms with E-state index in [1.807, 2.05) is 0 Å². The summed E-state index contributed by atoms with van der Waals surface area (Å²) in [4.78, 5) is 24.4. The third kappa shape index (κ3) is 43.7. The SMILES string of the molecule is CCCCCCC/C=C\CCCCCCCC(=O)OCCCC/C=C\CCCCCCCC(=O)NC(CO)C(O)CCCCCCCCCCCCCCCCC. The van der Waals surface area contributed by atoms with Crippen molar-refractivity contribution in [2.45, 2.75) is 276 Å². The van der Waals surface area contributed by atoms with Crippen LogP contribution in [0.15, 0.2) is 24.3 Å². The van der Waals surface area contributed by atoms with Gasteiger partial charge in [-0.05, 0) is 77.0 Å². The number of allylic oxidation sites excluding steroid dienone is 4. The molecule has 0 rings (SSSR count). The van der Waals surface area contributed by atoms with E-state index in [2.05, 4.69) is 43.5 Å². The van der Waals surface area contributed by atoms with Gasteiger partial charge in [0.1, 0.15) is 0 Å². The van der Waals surface area contributed by atoms with E-state index in [0.717, 1.165) is 83.5 Å². The minimum Gasteiger partial charge on any atom is -0.466 e. The number of esters is 1. The maximum atomic E-state index is 12.4. The zero-order valence-corrected chi connectivity index (χ0v) is 38.1. The number of aliphatic hydroxyl groups excluding tert-OH is 2. The van der Waals surface area contributed by atoms with Crippen LogP contribution in [-0.4, -0.2) is 47.4 Å². The Morgan fingerprint density at radius 1 is 0.474 bits per heavy atom. The van der Waals surface area contributed by atoms with E-state index in [1.165, 1.54) is 148 Å². The smallest absolute Gasteiger partial charge is 0.305 e. The molecule has 6 heteroatoms. The monoisotopic (exact) mass is 804 g/mol. The molecule has 0 aromatic heterocycles. The molecule has 0 aliphatic rings. The molecule has 2 atom stereocenters. The Morgan fingerprint density at radius 3 is 1.25 bits per heavy atom. The van der Waals surface area contributed by atoms with Crippen molar-refractivity contribution in [3.8, 4) is 0 Å². The zero-order valence-electron chi connectivity index (χ0n) is 38.1. The lowest BCUT2D eigenvalue weighted by molar-refractivity contribution is -0.143. The van der Waals surface area contributed by atoms with Crippen molar-refractivity contribution in [3.63, 3.8) is 0 Å². The standard InChI is InChI=1S/C51H97NO5/c1-3-5-7-9-11-13-15-17-19-20-23-27-31-35-39-43-49(54)48(47-53)52-50(55)44-40-36-32-28-24-22-26-30-34-38-42-46-57-51(56)45-41-37-33-29-25-21-18-16-14-12-10-8-6-4-2/h16,18,26,30,48-49,53-54H,3-15,17,19-25,27-29,31-47H2,1-2H3,(H,52,55)/b18-16-,30-26-. The maximum Gasteiger partial charge on any atom is 0.305 e. The average Bonchev–Trinajstić information content (AvgIpc) is 3.21. The summed E-state index contributed by atoms with van der Waals surface area (Å²) < 4.78 is 5.42. The number of hydrogen-bond acceptors (Lipinski definition) is 5. The summed E-state index contributed by atoms with van der Waals surface area (Å²) in [6, 6.07) is -0.562. The fourth-order valence-electron chi connectivity index (χ4n) is 7.57. The molecule has 0 aliphatic heterocycles. The van der Waals surface area contributed by atoms with Crippen LogP contribution in [0, 0.1) is 0 Å². The minimum absolute atomic E-state index is 0.0399. The third-order valence-corrected chi connectivity index (χ3v) is 11.5. The van der Waals surface area contributed by atoms with Gasteiger partial charge in [-0.25, -0.2) is 0 Å². The van der Waals surface area contributed by atoms with E-state index in [4.69, 9.17) is 4.74 Å². The van der Waals surface area contributed by atoms with Gasteiger partial charge in [0.25, 0.3) is 0 Å². The molecule has 0 heterocycles. The lowest BCUT2D eigenvalue weighted by atomic mass is 10.0. The summed E-state index contributed by atoms with van der Waals surface area (Å²) in [5.41, 5.74) is 0. The molecule has 0 fully saturated rings. The molecule has 2 unspecified atom stereocenters. The minimum atomic E-state index is -0.682. The summed E-state index contributed by atoms with van der Waals surface area (Å²) in [5.74, 6) is -0.104. The summed E-state index contributed by atoms with van der Waals surface area (Å²) in [5, 5.41) is 23.2. The molecule has 57 heavy (non-hydrogen) atoms. The number of amides is 1. The van der Waals surface area contributed by atoms with E-state index in [0.29, 0.717) is 25.9 Å². The van der Waals surface area contributed by atoms with Crippen molar-refractivity contribution in [1.82, 2.24) is 5.32 Å². The van der Waals surface area contributed by atoms with Gasteiger partial charge in [0.05, 0.1) is 25.4 Å². The summed E-state index contributed by atoms with van der Waals surface area (Å²) in [7, 11) is 0. The van der Waals surface area contributed by atoms with Gasteiger partial charge in [-0.3, -0.25) is 9.59 Å².